The minimum Gasteiger partial charge on any atom is -0.481 e. The predicted octanol–water partition coefficient (Wildman–Crippen LogP) is 3.74. The number of rotatable bonds is 2. The van der Waals surface area contributed by atoms with E-state index in [4.69, 9.17) is 16.7 Å². The SMILES string of the molecule is CC(C(=O)O)c1c(Cl)sc2ccccc12. The monoisotopic (exact) mass is 240 g/mol. The molecule has 0 amide bonds. The number of halogens is 1. The first-order valence-electron chi connectivity index (χ1n) is 4.51. The van der Waals surface area contributed by atoms with Crippen molar-refractivity contribution in [1.29, 1.82) is 0 Å². The summed E-state index contributed by atoms with van der Waals surface area (Å²) in [6.07, 6.45) is 0. The van der Waals surface area contributed by atoms with Gasteiger partial charge in [0, 0.05) is 10.3 Å². The number of carbonyl (C=O) groups is 1. The summed E-state index contributed by atoms with van der Waals surface area (Å²) in [6.45, 7) is 1.66. The largest absolute Gasteiger partial charge is 0.481 e. The Bertz CT molecular complexity index is 518. The Morgan fingerprint density at radius 3 is 2.80 bits per heavy atom. The summed E-state index contributed by atoms with van der Waals surface area (Å²) >= 11 is 7.49. The molecule has 15 heavy (non-hydrogen) atoms. The molecule has 0 bridgehead atoms. The van der Waals surface area contributed by atoms with Crippen LogP contribution in [0.3, 0.4) is 0 Å². The van der Waals surface area contributed by atoms with Crippen molar-refractivity contribution in [2.45, 2.75) is 12.8 Å². The molecule has 78 valence electrons. The van der Waals surface area contributed by atoms with E-state index in [1.165, 1.54) is 11.3 Å². The molecule has 4 heteroatoms. The highest BCUT2D eigenvalue weighted by Gasteiger charge is 2.21. The molecule has 0 aliphatic carbocycles. The maximum atomic E-state index is 10.9. The van der Waals surface area contributed by atoms with Crippen molar-refractivity contribution in [3.63, 3.8) is 0 Å². The molecule has 0 spiro atoms. The Hall–Kier alpha value is -1.06. The lowest BCUT2D eigenvalue weighted by molar-refractivity contribution is -0.138. The van der Waals surface area contributed by atoms with Crippen molar-refractivity contribution >= 4 is 39.0 Å². The van der Waals surface area contributed by atoms with Crippen LogP contribution in [0, 0.1) is 0 Å². The number of benzene rings is 1. The normalized spacial score (nSPS) is 12.9. The number of fused-ring (bicyclic) bond motifs is 1. The maximum Gasteiger partial charge on any atom is 0.310 e. The third-order valence-electron chi connectivity index (χ3n) is 2.39. The highest BCUT2D eigenvalue weighted by atomic mass is 35.5. The van der Waals surface area contributed by atoms with E-state index in [-0.39, 0.29) is 0 Å². The lowest BCUT2D eigenvalue weighted by atomic mass is 10.0. The number of hydrogen-bond acceptors (Lipinski definition) is 2. The highest BCUT2D eigenvalue weighted by Crippen LogP contribution is 2.39. The Labute approximate surface area is 96.1 Å². The summed E-state index contributed by atoms with van der Waals surface area (Å²) in [5, 5.41) is 9.93. The molecule has 2 rings (SSSR count). The van der Waals surface area contributed by atoms with Crippen LogP contribution in [0.5, 0.6) is 0 Å². The lowest BCUT2D eigenvalue weighted by Crippen LogP contribution is -2.06. The average Bonchev–Trinajstić information content (AvgIpc) is 2.52. The van der Waals surface area contributed by atoms with Crippen molar-refractivity contribution in [1.82, 2.24) is 0 Å². The molecule has 2 aromatic rings. The van der Waals surface area contributed by atoms with Crippen molar-refractivity contribution in [3.05, 3.63) is 34.2 Å². The number of carboxylic acids is 1. The molecule has 0 aliphatic rings. The van der Waals surface area contributed by atoms with Crippen LogP contribution in [0.4, 0.5) is 0 Å². The third kappa shape index (κ3) is 1.73. The van der Waals surface area contributed by atoms with Crippen LogP contribution in [0.15, 0.2) is 24.3 Å². The van der Waals surface area contributed by atoms with Gasteiger partial charge < -0.3 is 5.11 Å². The number of thiophene rings is 1. The fourth-order valence-corrected chi connectivity index (χ4v) is 3.10. The van der Waals surface area contributed by atoms with E-state index >= 15 is 0 Å². The molecule has 0 radical (unpaired) electrons. The zero-order valence-electron chi connectivity index (χ0n) is 8.03. The number of aliphatic carboxylic acids is 1. The van der Waals surface area contributed by atoms with Crippen LogP contribution in [-0.4, -0.2) is 11.1 Å². The van der Waals surface area contributed by atoms with Crippen molar-refractivity contribution in [2.24, 2.45) is 0 Å². The topological polar surface area (TPSA) is 37.3 Å². The summed E-state index contributed by atoms with van der Waals surface area (Å²) in [5.74, 6) is -1.41. The van der Waals surface area contributed by atoms with Crippen LogP contribution in [0.2, 0.25) is 4.34 Å². The van der Waals surface area contributed by atoms with Gasteiger partial charge in [-0.05, 0) is 18.4 Å². The second kappa shape index (κ2) is 3.83. The van der Waals surface area contributed by atoms with Gasteiger partial charge in [0.1, 0.15) is 0 Å². The summed E-state index contributed by atoms with van der Waals surface area (Å²) in [4.78, 5) is 10.9. The van der Waals surface area contributed by atoms with Gasteiger partial charge in [0.05, 0.1) is 10.3 Å². The molecule has 1 unspecified atom stereocenters. The van der Waals surface area contributed by atoms with Gasteiger partial charge >= 0.3 is 5.97 Å². The zero-order chi connectivity index (χ0) is 11.0. The minimum atomic E-state index is -0.847. The lowest BCUT2D eigenvalue weighted by Gasteiger charge is -2.05. The van der Waals surface area contributed by atoms with E-state index < -0.39 is 11.9 Å². The Morgan fingerprint density at radius 1 is 1.47 bits per heavy atom. The van der Waals surface area contributed by atoms with E-state index in [0.717, 1.165) is 15.6 Å². The van der Waals surface area contributed by atoms with Crippen LogP contribution < -0.4 is 0 Å². The second-order valence-corrected chi connectivity index (χ2v) is 5.00. The van der Waals surface area contributed by atoms with Gasteiger partial charge in [-0.2, -0.15) is 0 Å². The van der Waals surface area contributed by atoms with Gasteiger partial charge in [-0.1, -0.05) is 29.8 Å². The van der Waals surface area contributed by atoms with E-state index in [2.05, 4.69) is 0 Å². The van der Waals surface area contributed by atoms with Crippen LogP contribution in [0.25, 0.3) is 10.1 Å². The average molecular weight is 241 g/mol. The van der Waals surface area contributed by atoms with Crippen molar-refractivity contribution in [3.8, 4) is 0 Å². The van der Waals surface area contributed by atoms with E-state index in [1.54, 1.807) is 6.92 Å². The Morgan fingerprint density at radius 2 is 2.13 bits per heavy atom. The van der Waals surface area contributed by atoms with Gasteiger partial charge in [-0.15, -0.1) is 11.3 Å². The van der Waals surface area contributed by atoms with Gasteiger partial charge in [0.15, 0.2) is 0 Å². The summed E-state index contributed by atoms with van der Waals surface area (Å²) in [7, 11) is 0. The number of carboxylic acid groups (broad SMARTS) is 1. The molecule has 1 N–H and O–H groups in total. The van der Waals surface area contributed by atoms with Crippen molar-refractivity contribution < 1.29 is 9.90 Å². The van der Waals surface area contributed by atoms with E-state index in [1.807, 2.05) is 24.3 Å². The van der Waals surface area contributed by atoms with Gasteiger partial charge in [-0.3, -0.25) is 4.79 Å². The fraction of sp³-hybridized carbons (Fsp3) is 0.182. The molecule has 1 aromatic carbocycles. The Balaban J connectivity index is 2.68. The molecule has 1 heterocycles. The first kappa shape index (κ1) is 10.5. The van der Waals surface area contributed by atoms with Crippen molar-refractivity contribution in [2.75, 3.05) is 0 Å². The van der Waals surface area contributed by atoms with E-state index in [9.17, 15) is 4.79 Å². The predicted molar refractivity (Wildman–Crippen MR) is 62.9 cm³/mol. The summed E-state index contributed by atoms with van der Waals surface area (Å²) in [5.41, 5.74) is 0.727. The molecular weight excluding hydrogens is 232 g/mol. The van der Waals surface area contributed by atoms with Crippen LogP contribution in [0.1, 0.15) is 18.4 Å². The molecule has 1 atom stereocenters. The summed E-state index contributed by atoms with van der Waals surface area (Å²) in [6, 6.07) is 7.67. The Kier molecular flexibility index (Phi) is 2.67. The standard InChI is InChI=1S/C11H9ClO2S/c1-6(11(13)14)9-7-4-2-3-5-8(7)15-10(9)12/h2-6H,1H3,(H,13,14). The molecule has 1 aromatic heterocycles. The van der Waals surface area contributed by atoms with Crippen LogP contribution in [-0.2, 0) is 4.79 Å². The molecule has 0 saturated carbocycles. The molecule has 0 saturated heterocycles. The molecular formula is C11H9ClO2S. The van der Waals surface area contributed by atoms with Gasteiger partial charge in [-0.25, -0.2) is 0 Å². The minimum absolute atomic E-state index is 0.561. The second-order valence-electron chi connectivity index (χ2n) is 3.35. The first-order chi connectivity index (χ1) is 7.11. The highest BCUT2D eigenvalue weighted by molar-refractivity contribution is 7.23. The third-order valence-corrected chi connectivity index (χ3v) is 3.80. The van der Waals surface area contributed by atoms with E-state index in [0.29, 0.717) is 4.34 Å². The summed E-state index contributed by atoms with van der Waals surface area (Å²) < 4.78 is 1.61. The molecule has 0 aliphatic heterocycles. The fourth-order valence-electron chi connectivity index (χ4n) is 1.56. The quantitative estimate of drug-likeness (QED) is 0.868. The smallest absolute Gasteiger partial charge is 0.310 e. The molecule has 2 nitrogen and oxygen atoms in total. The number of hydrogen-bond donors (Lipinski definition) is 1. The van der Waals surface area contributed by atoms with Crippen LogP contribution >= 0.6 is 22.9 Å². The zero-order valence-corrected chi connectivity index (χ0v) is 9.60. The first-order valence-corrected chi connectivity index (χ1v) is 5.70. The maximum absolute atomic E-state index is 10.9. The molecule has 0 fully saturated rings. The van der Waals surface area contributed by atoms with Gasteiger partial charge in [0.25, 0.3) is 0 Å². The van der Waals surface area contributed by atoms with Gasteiger partial charge in [0.2, 0.25) is 0 Å².